The van der Waals surface area contributed by atoms with Crippen LogP contribution in [0.25, 0.3) is 0 Å². The first-order valence-corrected chi connectivity index (χ1v) is 4.96. The molecule has 1 fully saturated rings. The Morgan fingerprint density at radius 1 is 1.40 bits per heavy atom. The highest BCUT2D eigenvalue weighted by atomic mass is 19.1. The average Bonchev–Trinajstić information content (AvgIpc) is 2.26. The summed E-state index contributed by atoms with van der Waals surface area (Å²) in [5.74, 6) is -0.312. The molecule has 0 radical (unpaired) electrons. The minimum absolute atomic E-state index is 0.0353. The van der Waals surface area contributed by atoms with Gasteiger partial charge in [-0.15, -0.1) is 0 Å². The molecule has 2 unspecified atom stereocenters. The third kappa shape index (κ3) is 1.51. The number of carbonyl (C=O) groups is 1. The standard InChI is InChI=1S/C11H13FN2O/c1-2-14-10(9(13)11(14)15)7-3-5-8(12)6-4-7/h3-6,9-10H,2,13H2,1H3. The van der Waals surface area contributed by atoms with Gasteiger partial charge >= 0.3 is 0 Å². The summed E-state index contributed by atoms with van der Waals surface area (Å²) >= 11 is 0. The summed E-state index contributed by atoms with van der Waals surface area (Å²) in [5, 5.41) is 0. The van der Waals surface area contributed by atoms with Crippen molar-refractivity contribution in [3.05, 3.63) is 35.6 Å². The zero-order valence-electron chi connectivity index (χ0n) is 8.48. The van der Waals surface area contributed by atoms with Gasteiger partial charge in [0.15, 0.2) is 0 Å². The number of nitrogens with zero attached hydrogens (tertiary/aromatic N) is 1. The van der Waals surface area contributed by atoms with Gasteiger partial charge in [0.2, 0.25) is 5.91 Å². The third-order valence-electron chi connectivity index (χ3n) is 2.80. The Labute approximate surface area is 87.7 Å². The fourth-order valence-corrected chi connectivity index (χ4v) is 1.98. The van der Waals surface area contributed by atoms with E-state index in [0.29, 0.717) is 6.54 Å². The lowest BCUT2D eigenvalue weighted by atomic mass is 9.89. The van der Waals surface area contributed by atoms with Crippen LogP contribution in [-0.4, -0.2) is 23.4 Å². The molecule has 1 aromatic rings. The van der Waals surface area contributed by atoms with Gasteiger partial charge in [-0.1, -0.05) is 12.1 Å². The van der Waals surface area contributed by atoms with Crippen molar-refractivity contribution in [1.82, 2.24) is 4.90 Å². The second-order valence-electron chi connectivity index (χ2n) is 3.65. The smallest absolute Gasteiger partial charge is 0.242 e. The molecule has 1 aliphatic heterocycles. The number of benzene rings is 1. The number of likely N-dealkylation sites (tertiary alicyclic amines) is 1. The molecule has 1 amide bonds. The van der Waals surface area contributed by atoms with Crippen LogP contribution in [0.1, 0.15) is 18.5 Å². The van der Waals surface area contributed by atoms with Gasteiger partial charge in [0.1, 0.15) is 11.9 Å². The first kappa shape index (κ1) is 10.1. The van der Waals surface area contributed by atoms with E-state index in [2.05, 4.69) is 0 Å². The molecule has 80 valence electrons. The predicted octanol–water partition coefficient (Wildman–Crippen LogP) is 1.06. The van der Waals surface area contributed by atoms with Gasteiger partial charge < -0.3 is 10.6 Å². The van der Waals surface area contributed by atoms with Crippen molar-refractivity contribution in [1.29, 1.82) is 0 Å². The van der Waals surface area contributed by atoms with E-state index in [0.717, 1.165) is 5.56 Å². The number of likely N-dealkylation sites (N-methyl/N-ethyl adjacent to an activating group) is 1. The molecule has 3 nitrogen and oxygen atoms in total. The zero-order chi connectivity index (χ0) is 11.0. The second-order valence-corrected chi connectivity index (χ2v) is 3.65. The maximum absolute atomic E-state index is 12.7. The Balaban J connectivity index is 2.24. The highest BCUT2D eigenvalue weighted by Crippen LogP contribution is 2.32. The van der Waals surface area contributed by atoms with Crippen LogP contribution in [0.15, 0.2) is 24.3 Å². The zero-order valence-corrected chi connectivity index (χ0v) is 8.48. The molecule has 4 heteroatoms. The fourth-order valence-electron chi connectivity index (χ4n) is 1.98. The van der Waals surface area contributed by atoms with Crippen LogP contribution in [0, 0.1) is 5.82 Å². The summed E-state index contributed by atoms with van der Waals surface area (Å²) < 4.78 is 12.7. The van der Waals surface area contributed by atoms with Crippen molar-refractivity contribution in [2.45, 2.75) is 19.0 Å². The number of hydrogen-bond acceptors (Lipinski definition) is 2. The maximum atomic E-state index is 12.7. The largest absolute Gasteiger partial charge is 0.332 e. The minimum atomic E-state index is -0.476. The molecule has 0 bridgehead atoms. The molecule has 0 aromatic heterocycles. The first-order valence-electron chi connectivity index (χ1n) is 4.96. The summed E-state index contributed by atoms with van der Waals surface area (Å²) in [6, 6.07) is 5.56. The maximum Gasteiger partial charge on any atom is 0.242 e. The van der Waals surface area contributed by atoms with Crippen LogP contribution in [0.3, 0.4) is 0 Å². The van der Waals surface area contributed by atoms with E-state index in [1.807, 2.05) is 6.92 Å². The van der Waals surface area contributed by atoms with E-state index in [1.54, 1.807) is 17.0 Å². The summed E-state index contributed by atoms with van der Waals surface area (Å²) in [6.07, 6.45) is 0. The Kier molecular flexibility index (Phi) is 2.44. The van der Waals surface area contributed by atoms with Gasteiger partial charge in [-0.05, 0) is 24.6 Å². The number of hydrogen-bond donors (Lipinski definition) is 1. The van der Waals surface area contributed by atoms with Gasteiger partial charge in [-0.25, -0.2) is 4.39 Å². The number of β-lactam (4-membered cyclic amide) rings is 1. The average molecular weight is 208 g/mol. The van der Waals surface area contributed by atoms with Crippen LogP contribution in [0.4, 0.5) is 4.39 Å². The van der Waals surface area contributed by atoms with Gasteiger partial charge in [0.25, 0.3) is 0 Å². The lowest BCUT2D eigenvalue weighted by Gasteiger charge is -2.45. The van der Waals surface area contributed by atoms with Crippen LogP contribution in [-0.2, 0) is 4.79 Å². The number of rotatable bonds is 2. The monoisotopic (exact) mass is 208 g/mol. The molecule has 15 heavy (non-hydrogen) atoms. The Morgan fingerprint density at radius 3 is 2.53 bits per heavy atom. The van der Waals surface area contributed by atoms with Crippen LogP contribution < -0.4 is 5.73 Å². The van der Waals surface area contributed by atoms with E-state index in [4.69, 9.17) is 5.73 Å². The highest BCUT2D eigenvalue weighted by Gasteiger charge is 2.44. The van der Waals surface area contributed by atoms with Crippen molar-refractivity contribution in [2.24, 2.45) is 5.73 Å². The number of amides is 1. The predicted molar refractivity (Wildman–Crippen MR) is 54.5 cm³/mol. The summed E-state index contributed by atoms with van der Waals surface area (Å²) in [5.41, 5.74) is 6.61. The number of halogens is 1. The second kappa shape index (κ2) is 3.62. The quantitative estimate of drug-likeness (QED) is 0.738. The van der Waals surface area contributed by atoms with Crippen molar-refractivity contribution >= 4 is 5.91 Å². The van der Waals surface area contributed by atoms with Crippen molar-refractivity contribution < 1.29 is 9.18 Å². The number of carbonyl (C=O) groups excluding carboxylic acids is 1. The fraction of sp³-hybridized carbons (Fsp3) is 0.364. The van der Waals surface area contributed by atoms with E-state index in [-0.39, 0.29) is 17.8 Å². The van der Waals surface area contributed by atoms with Gasteiger partial charge in [0, 0.05) is 6.54 Å². The molecule has 1 aromatic carbocycles. The van der Waals surface area contributed by atoms with E-state index in [9.17, 15) is 9.18 Å². The summed E-state index contributed by atoms with van der Waals surface area (Å²) in [7, 11) is 0. The molecule has 1 heterocycles. The summed E-state index contributed by atoms with van der Waals surface area (Å²) in [6.45, 7) is 2.54. The molecular formula is C11H13FN2O. The van der Waals surface area contributed by atoms with Crippen molar-refractivity contribution in [2.75, 3.05) is 6.54 Å². The Hall–Kier alpha value is -1.42. The van der Waals surface area contributed by atoms with Gasteiger partial charge in [-0.3, -0.25) is 4.79 Å². The Morgan fingerprint density at radius 2 is 2.00 bits per heavy atom. The normalized spacial score (nSPS) is 25.3. The Bertz CT molecular complexity index is 377. The van der Waals surface area contributed by atoms with E-state index in [1.165, 1.54) is 12.1 Å². The molecule has 0 aliphatic carbocycles. The van der Waals surface area contributed by atoms with Crippen molar-refractivity contribution in [3.8, 4) is 0 Å². The lowest BCUT2D eigenvalue weighted by molar-refractivity contribution is -0.149. The van der Waals surface area contributed by atoms with Gasteiger partial charge in [0.05, 0.1) is 6.04 Å². The molecule has 0 saturated carbocycles. The molecule has 1 aliphatic rings. The topological polar surface area (TPSA) is 46.3 Å². The molecule has 2 N–H and O–H groups in total. The SMILES string of the molecule is CCN1C(=O)C(N)C1c1ccc(F)cc1. The molecule has 1 saturated heterocycles. The molecule has 2 atom stereocenters. The van der Waals surface area contributed by atoms with E-state index >= 15 is 0 Å². The molecule has 2 rings (SSSR count). The first-order chi connectivity index (χ1) is 7.15. The highest BCUT2D eigenvalue weighted by molar-refractivity contribution is 5.89. The minimum Gasteiger partial charge on any atom is -0.332 e. The van der Waals surface area contributed by atoms with Crippen LogP contribution in [0.2, 0.25) is 0 Å². The summed E-state index contributed by atoms with van der Waals surface area (Å²) in [4.78, 5) is 13.1. The van der Waals surface area contributed by atoms with Gasteiger partial charge in [-0.2, -0.15) is 0 Å². The molecule has 0 spiro atoms. The number of nitrogens with two attached hydrogens (primary N) is 1. The third-order valence-corrected chi connectivity index (χ3v) is 2.80. The van der Waals surface area contributed by atoms with E-state index < -0.39 is 6.04 Å². The van der Waals surface area contributed by atoms with Crippen molar-refractivity contribution in [3.63, 3.8) is 0 Å². The molecular weight excluding hydrogens is 195 g/mol. The van der Waals surface area contributed by atoms with Crippen LogP contribution in [0.5, 0.6) is 0 Å². The van der Waals surface area contributed by atoms with Crippen LogP contribution >= 0.6 is 0 Å². The lowest BCUT2D eigenvalue weighted by Crippen LogP contribution is -2.62.